The molecule has 2 N–H and O–H groups in total. The number of aryl methyl sites for hydroxylation is 1. The van der Waals surface area contributed by atoms with Crippen LogP contribution in [0.4, 0.5) is 0 Å². The van der Waals surface area contributed by atoms with Gasteiger partial charge < -0.3 is 24.2 Å². The van der Waals surface area contributed by atoms with Crippen LogP contribution in [0.1, 0.15) is 60.4 Å². The van der Waals surface area contributed by atoms with Gasteiger partial charge in [-0.25, -0.2) is 0 Å². The van der Waals surface area contributed by atoms with Gasteiger partial charge in [0.1, 0.15) is 23.7 Å². The molecule has 0 bridgehead atoms. The van der Waals surface area contributed by atoms with Gasteiger partial charge in [-0.05, 0) is 69.5 Å². The Morgan fingerprint density at radius 2 is 2.03 bits per heavy atom. The Kier molecular flexibility index (Phi) is 8.64. The number of nitrogens with zero attached hydrogens (tertiary/aromatic N) is 2. The quantitative estimate of drug-likeness (QED) is 0.214. The van der Waals surface area contributed by atoms with E-state index in [9.17, 15) is 9.90 Å². The van der Waals surface area contributed by atoms with Crippen LogP contribution in [0.3, 0.4) is 0 Å². The van der Waals surface area contributed by atoms with Crippen LogP contribution in [0.2, 0.25) is 5.02 Å². The average Bonchev–Trinajstić information content (AvgIpc) is 3.42. The Labute approximate surface area is 228 Å². The molecule has 0 saturated heterocycles. The number of amides is 1. The van der Waals surface area contributed by atoms with Gasteiger partial charge in [-0.15, -0.1) is 0 Å². The molecule has 1 aliphatic rings. The second-order valence-corrected chi connectivity index (χ2v) is 9.80. The van der Waals surface area contributed by atoms with Crippen LogP contribution in [-0.2, 0) is 4.74 Å². The standard InChI is InChI=1S/C29H34ClN3O5/c1-6-12-38-23-10-9-19(15-24(23)36-7-2)28-25-26(20-16-21(30)18(5)14-22(20)34)31-32-27(25)29(35)33(28)11-8-13-37-17(3)4/h6,9-10,14-17,28,34H,1,7-8,11-13H2,2-5H3,(H,31,32). The summed E-state index contributed by atoms with van der Waals surface area (Å²) in [7, 11) is 0. The highest BCUT2D eigenvalue weighted by Crippen LogP contribution is 2.46. The second-order valence-electron chi connectivity index (χ2n) is 9.39. The first kappa shape index (κ1) is 27.5. The molecule has 2 aromatic carbocycles. The summed E-state index contributed by atoms with van der Waals surface area (Å²) < 4.78 is 17.4. The Bertz CT molecular complexity index is 1320. The number of H-pyrrole nitrogens is 1. The molecular weight excluding hydrogens is 506 g/mol. The van der Waals surface area contributed by atoms with E-state index in [1.165, 1.54) is 0 Å². The van der Waals surface area contributed by atoms with E-state index in [4.69, 9.17) is 25.8 Å². The predicted octanol–water partition coefficient (Wildman–Crippen LogP) is 6.07. The Morgan fingerprint density at radius 1 is 1.24 bits per heavy atom. The van der Waals surface area contributed by atoms with Crippen molar-refractivity contribution in [1.82, 2.24) is 15.1 Å². The molecule has 1 unspecified atom stereocenters. The fourth-order valence-corrected chi connectivity index (χ4v) is 4.78. The maximum Gasteiger partial charge on any atom is 0.273 e. The van der Waals surface area contributed by atoms with E-state index in [1.807, 2.05) is 45.9 Å². The van der Waals surface area contributed by atoms with Crippen LogP contribution in [0.5, 0.6) is 17.2 Å². The summed E-state index contributed by atoms with van der Waals surface area (Å²) in [5, 5.41) is 18.7. The first-order valence-electron chi connectivity index (χ1n) is 12.8. The number of phenolic OH excluding ortho intramolecular Hbond substituents is 1. The van der Waals surface area contributed by atoms with E-state index in [-0.39, 0.29) is 17.8 Å². The van der Waals surface area contributed by atoms with E-state index in [1.54, 1.807) is 23.1 Å². The SMILES string of the molecule is C=CCOc1ccc(C2c3c(-c4cc(Cl)c(C)cc4O)n[nH]c3C(=O)N2CCCOC(C)C)cc1OCC. The fourth-order valence-electron chi connectivity index (χ4n) is 4.62. The first-order chi connectivity index (χ1) is 18.3. The predicted molar refractivity (Wildman–Crippen MR) is 147 cm³/mol. The van der Waals surface area contributed by atoms with Crippen LogP contribution in [0, 0.1) is 6.92 Å². The van der Waals surface area contributed by atoms with E-state index >= 15 is 0 Å². The lowest BCUT2D eigenvalue weighted by atomic mass is 9.95. The molecule has 2 heterocycles. The van der Waals surface area contributed by atoms with Gasteiger partial charge in [0.25, 0.3) is 5.91 Å². The van der Waals surface area contributed by atoms with Crippen LogP contribution in [0.25, 0.3) is 11.3 Å². The third kappa shape index (κ3) is 5.51. The number of phenols is 1. The molecule has 0 saturated carbocycles. The van der Waals surface area contributed by atoms with Crippen molar-refractivity contribution in [3.63, 3.8) is 0 Å². The van der Waals surface area contributed by atoms with Crippen molar-refractivity contribution in [2.75, 3.05) is 26.4 Å². The van der Waals surface area contributed by atoms with Gasteiger partial charge in [-0.2, -0.15) is 5.10 Å². The highest BCUT2D eigenvalue weighted by atomic mass is 35.5. The van der Waals surface area contributed by atoms with Gasteiger partial charge in [0, 0.05) is 29.3 Å². The van der Waals surface area contributed by atoms with Crippen molar-refractivity contribution in [2.45, 2.75) is 46.3 Å². The third-order valence-corrected chi connectivity index (χ3v) is 6.74. The molecular formula is C29H34ClN3O5. The molecule has 9 heteroatoms. The molecule has 0 fully saturated rings. The van der Waals surface area contributed by atoms with Gasteiger partial charge in [-0.1, -0.05) is 30.3 Å². The van der Waals surface area contributed by atoms with E-state index < -0.39 is 6.04 Å². The van der Waals surface area contributed by atoms with Crippen molar-refractivity contribution in [1.29, 1.82) is 0 Å². The summed E-state index contributed by atoms with van der Waals surface area (Å²) >= 11 is 6.41. The maximum absolute atomic E-state index is 13.6. The molecule has 3 aromatic rings. The monoisotopic (exact) mass is 539 g/mol. The number of aromatic nitrogens is 2. The lowest BCUT2D eigenvalue weighted by Crippen LogP contribution is -2.31. The van der Waals surface area contributed by atoms with E-state index in [2.05, 4.69) is 16.8 Å². The zero-order valence-electron chi connectivity index (χ0n) is 22.2. The smallest absolute Gasteiger partial charge is 0.273 e. The van der Waals surface area contributed by atoms with Crippen LogP contribution < -0.4 is 9.47 Å². The summed E-state index contributed by atoms with van der Waals surface area (Å²) in [5.74, 6) is 1.03. The normalized spacial score (nSPS) is 14.7. The summed E-state index contributed by atoms with van der Waals surface area (Å²) in [5.41, 5.74) is 3.57. The van der Waals surface area contributed by atoms with Gasteiger partial charge >= 0.3 is 0 Å². The number of hydrogen-bond donors (Lipinski definition) is 2. The Hall–Kier alpha value is -3.49. The topological polar surface area (TPSA) is 96.9 Å². The van der Waals surface area contributed by atoms with Crippen molar-refractivity contribution in [3.8, 4) is 28.5 Å². The molecule has 0 spiro atoms. The van der Waals surface area contributed by atoms with Gasteiger partial charge in [-0.3, -0.25) is 9.89 Å². The molecule has 1 aromatic heterocycles. The number of benzene rings is 2. The minimum absolute atomic E-state index is 0.0411. The molecule has 1 aliphatic heterocycles. The second kappa shape index (κ2) is 11.9. The van der Waals surface area contributed by atoms with E-state index in [0.717, 1.165) is 11.1 Å². The number of carbonyl (C=O) groups excluding carboxylic acids is 1. The van der Waals surface area contributed by atoms with Gasteiger partial charge in [0.2, 0.25) is 0 Å². The van der Waals surface area contributed by atoms with Gasteiger partial charge in [0.05, 0.1) is 18.8 Å². The highest BCUT2D eigenvalue weighted by molar-refractivity contribution is 6.31. The number of rotatable bonds is 12. The van der Waals surface area contributed by atoms with Crippen molar-refractivity contribution in [2.24, 2.45) is 0 Å². The van der Waals surface area contributed by atoms with E-state index in [0.29, 0.717) is 71.8 Å². The van der Waals surface area contributed by atoms with Gasteiger partial charge in [0.15, 0.2) is 11.5 Å². The maximum atomic E-state index is 13.6. The number of halogens is 1. The molecule has 1 amide bonds. The summed E-state index contributed by atoms with van der Waals surface area (Å²) in [6, 6.07) is 8.46. The number of carbonyl (C=O) groups is 1. The molecule has 0 radical (unpaired) electrons. The summed E-state index contributed by atoms with van der Waals surface area (Å²) in [6.07, 6.45) is 2.44. The molecule has 4 rings (SSSR count). The van der Waals surface area contributed by atoms with Crippen LogP contribution >= 0.6 is 11.6 Å². The van der Waals surface area contributed by atoms with Crippen molar-refractivity contribution in [3.05, 3.63) is 70.4 Å². The lowest BCUT2D eigenvalue weighted by molar-refractivity contribution is 0.0601. The molecule has 1 atom stereocenters. The molecule has 202 valence electrons. The number of aromatic hydroxyl groups is 1. The number of fused-ring (bicyclic) bond motifs is 1. The first-order valence-corrected chi connectivity index (χ1v) is 13.1. The Morgan fingerprint density at radius 3 is 2.74 bits per heavy atom. The summed E-state index contributed by atoms with van der Waals surface area (Å²) in [4.78, 5) is 15.4. The molecule has 0 aliphatic carbocycles. The fraction of sp³-hybridized carbons (Fsp3) is 0.379. The summed E-state index contributed by atoms with van der Waals surface area (Å²) in [6.45, 7) is 13.2. The van der Waals surface area contributed by atoms with Crippen LogP contribution in [0.15, 0.2) is 43.0 Å². The minimum Gasteiger partial charge on any atom is -0.507 e. The Balaban J connectivity index is 1.81. The number of ether oxygens (including phenoxy) is 3. The lowest BCUT2D eigenvalue weighted by Gasteiger charge is -2.27. The largest absolute Gasteiger partial charge is 0.507 e. The van der Waals surface area contributed by atoms with Crippen molar-refractivity contribution >= 4 is 17.5 Å². The zero-order valence-corrected chi connectivity index (χ0v) is 23.0. The highest BCUT2D eigenvalue weighted by Gasteiger charge is 2.42. The number of nitrogens with one attached hydrogen (secondary N) is 1. The van der Waals surface area contributed by atoms with Crippen LogP contribution in [-0.4, -0.2) is 58.6 Å². The zero-order chi connectivity index (χ0) is 27.4. The van der Waals surface area contributed by atoms with Crippen molar-refractivity contribution < 1.29 is 24.1 Å². The molecule has 38 heavy (non-hydrogen) atoms. The minimum atomic E-state index is -0.475. The number of hydrogen-bond acceptors (Lipinski definition) is 6. The number of aromatic amines is 1. The molecule has 8 nitrogen and oxygen atoms in total. The third-order valence-electron chi connectivity index (χ3n) is 6.33. The average molecular weight is 540 g/mol.